The van der Waals surface area contributed by atoms with Gasteiger partial charge in [0, 0.05) is 5.02 Å². The van der Waals surface area contributed by atoms with Crippen LogP contribution in [-0.4, -0.2) is 30.5 Å². The summed E-state index contributed by atoms with van der Waals surface area (Å²) in [6.45, 7) is 1.53. The first-order valence-electron chi connectivity index (χ1n) is 8.46. The van der Waals surface area contributed by atoms with Gasteiger partial charge >= 0.3 is 0 Å². The third kappa shape index (κ3) is 4.73. The van der Waals surface area contributed by atoms with Gasteiger partial charge in [-0.25, -0.2) is 31.9 Å². The summed E-state index contributed by atoms with van der Waals surface area (Å²) in [6.07, 6.45) is -5.02. The standard InChI is InChI=1S/C17H14Cl2F4N6O/c1-8(29-13(15(22)23)11(19)12(26-29)14(20)21)16(30)25-17-24-7-28(27-17)6-9-3-2-4-10(18)5-9/h2-5,7-8,14-15H,6H2,1H3,(H,25,27,30). The van der Waals surface area contributed by atoms with Crippen molar-refractivity contribution in [2.45, 2.75) is 32.4 Å². The number of benzene rings is 1. The molecule has 0 aliphatic heterocycles. The van der Waals surface area contributed by atoms with E-state index < -0.39 is 41.2 Å². The monoisotopic (exact) mass is 464 g/mol. The molecule has 1 aromatic carbocycles. The zero-order chi connectivity index (χ0) is 22.0. The number of halogens is 6. The molecule has 30 heavy (non-hydrogen) atoms. The minimum atomic E-state index is -3.21. The Labute approximate surface area is 177 Å². The van der Waals surface area contributed by atoms with Crippen molar-refractivity contribution in [3.63, 3.8) is 0 Å². The van der Waals surface area contributed by atoms with Crippen molar-refractivity contribution in [2.24, 2.45) is 0 Å². The molecule has 0 radical (unpaired) electrons. The van der Waals surface area contributed by atoms with Crippen molar-refractivity contribution in [3.8, 4) is 0 Å². The summed E-state index contributed by atoms with van der Waals surface area (Å²) in [5, 5.41) is 9.48. The maximum absolute atomic E-state index is 13.3. The summed E-state index contributed by atoms with van der Waals surface area (Å²) in [7, 11) is 0. The van der Waals surface area contributed by atoms with Gasteiger partial charge in [-0.1, -0.05) is 35.3 Å². The largest absolute Gasteiger partial charge is 0.291 e. The summed E-state index contributed by atoms with van der Waals surface area (Å²) in [5.74, 6) is -0.933. The van der Waals surface area contributed by atoms with Crippen molar-refractivity contribution in [2.75, 3.05) is 5.32 Å². The van der Waals surface area contributed by atoms with Crippen molar-refractivity contribution in [3.05, 3.63) is 57.6 Å². The van der Waals surface area contributed by atoms with Crippen molar-refractivity contribution in [1.82, 2.24) is 24.5 Å². The summed E-state index contributed by atoms with van der Waals surface area (Å²) in [6, 6.07) is 5.66. The molecule has 0 bridgehead atoms. The number of anilines is 1. The van der Waals surface area contributed by atoms with Crippen molar-refractivity contribution >= 4 is 35.1 Å². The molecule has 7 nitrogen and oxygen atoms in total. The first-order valence-corrected chi connectivity index (χ1v) is 9.21. The molecule has 0 spiro atoms. The molecule has 1 unspecified atom stereocenters. The summed E-state index contributed by atoms with van der Waals surface area (Å²) in [4.78, 5) is 16.4. The van der Waals surface area contributed by atoms with Gasteiger partial charge < -0.3 is 0 Å². The molecule has 0 aliphatic carbocycles. The molecule has 0 saturated heterocycles. The van der Waals surface area contributed by atoms with Gasteiger partial charge in [0.15, 0.2) is 0 Å². The van der Waals surface area contributed by atoms with Crippen LogP contribution in [0.15, 0.2) is 30.6 Å². The van der Waals surface area contributed by atoms with Crippen LogP contribution in [0.4, 0.5) is 23.5 Å². The van der Waals surface area contributed by atoms with E-state index in [-0.39, 0.29) is 5.95 Å². The lowest BCUT2D eigenvalue weighted by Crippen LogP contribution is -2.26. The van der Waals surface area contributed by atoms with Crippen LogP contribution >= 0.6 is 23.2 Å². The molecule has 2 heterocycles. The fourth-order valence-corrected chi connectivity index (χ4v) is 3.15. The van der Waals surface area contributed by atoms with Crippen LogP contribution in [0.2, 0.25) is 10.0 Å². The Bertz CT molecular complexity index is 1050. The first-order chi connectivity index (χ1) is 14.2. The lowest BCUT2D eigenvalue weighted by molar-refractivity contribution is -0.119. The number of nitrogens with zero attached hydrogens (tertiary/aromatic N) is 5. The molecule has 0 fully saturated rings. The van der Waals surface area contributed by atoms with Crippen LogP contribution in [0.25, 0.3) is 0 Å². The number of rotatable bonds is 7. The van der Waals surface area contributed by atoms with Gasteiger partial charge in [0.1, 0.15) is 23.8 Å². The molecule has 3 rings (SSSR count). The number of hydrogen-bond acceptors (Lipinski definition) is 4. The topological polar surface area (TPSA) is 77.6 Å². The number of aromatic nitrogens is 5. The van der Waals surface area contributed by atoms with Crippen LogP contribution in [0, 0.1) is 0 Å². The van der Waals surface area contributed by atoms with Crippen molar-refractivity contribution in [1.29, 1.82) is 0 Å². The fraction of sp³-hybridized carbons (Fsp3) is 0.294. The Morgan fingerprint density at radius 2 is 1.90 bits per heavy atom. The highest BCUT2D eigenvalue weighted by atomic mass is 35.5. The zero-order valence-corrected chi connectivity index (χ0v) is 16.7. The van der Waals surface area contributed by atoms with E-state index in [1.807, 2.05) is 6.07 Å². The molecule has 1 N–H and O–H groups in total. The van der Waals surface area contributed by atoms with Gasteiger partial charge in [0.2, 0.25) is 5.95 Å². The maximum atomic E-state index is 13.3. The van der Waals surface area contributed by atoms with Crippen LogP contribution in [-0.2, 0) is 11.3 Å². The molecule has 13 heteroatoms. The molecule has 1 atom stereocenters. The molecule has 2 aromatic heterocycles. The smallest absolute Gasteiger partial charge is 0.283 e. The normalized spacial score (nSPS) is 12.6. The average Bonchev–Trinajstić information content (AvgIpc) is 3.25. The number of carbonyl (C=O) groups is 1. The van der Waals surface area contributed by atoms with Crippen LogP contribution in [0.5, 0.6) is 0 Å². The molecule has 0 saturated carbocycles. The summed E-state index contributed by atoms with van der Waals surface area (Å²) < 4.78 is 54.4. The molecular formula is C17H14Cl2F4N6O. The quantitative estimate of drug-likeness (QED) is 0.504. The van der Waals surface area contributed by atoms with Crippen LogP contribution in [0.1, 0.15) is 42.8 Å². The second-order valence-electron chi connectivity index (χ2n) is 6.19. The van der Waals surface area contributed by atoms with E-state index >= 15 is 0 Å². The second kappa shape index (κ2) is 9.00. The Morgan fingerprint density at radius 1 is 1.17 bits per heavy atom. The average molecular weight is 465 g/mol. The van der Waals surface area contributed by atoms with Gasteiger partial charge in [0.05, 0.1) is 11.6 Å². The SMILES string of the molecule is CC(C(=O)Nc1ncn(Cc2cccc(Cl)c2)n1)n1nc(C(F)F)c(Cl)c1C(F)F. The summed E-state index contributed by atoms with van der Waals surface area (Å²) >= 11 is 11.5. The van der Waals surface area contributed by atoms with Crippen LogP contribution in [0.3, 0.4) is 0 Å². The van der Waals surface area contributed by atoms with Crippen LogP contribution < -0.4 is 5.32 Å². The lowest BCUT2D eigenvalue weighted by atomic mass is 10.2. The zero-order valence-electron chi connectivity index (χ0n) is 15.2. The molecule has 1 amide bonds. The highest BCUT2D eigenvalue weighted by Gasteiger charge is 2.32. The predicted molar refractivity (Wildman–Crippen MR) is 101 cm³/mol. The second-order valence-corrected chi connectivity index (χ2v) is 7.01. The van der Waals surface area contributed by atoms with E-state index in [9.17, 15) is 22.4 Å². The molecule has 3 aromatic rings. The van der Waals surface area contributed by atoms with Gasteiger partial charge in [-0.05, 0) is 24.6 Å². The van der Waals surface area contributed by atoms with Gasteiger partial charge in [-0.15, -0.1) is 5.10 Å². The van der Waals surface area contributed by atoms with E-state index in [4.69, 9.17) is 23.2 Å². The maximum Gasteiger partial charge on any atom is 0.283 e. The first kappa shape index (κ1) is 22.0. The fourth-order valence-electron chi connectivity index (χ4n) is 2.65. The van der Waals surface area contributed by atoms with E-state index in [0.717, 1.165) is 5.56 Å². The van der Waals surface area contributed by atoms with Gasteiger partial charge in [-0.3, -0.25) is 10.1 Å². The lowest BCUT2D eigenvalue weighted by Gasteiger charge is -2.14. The van der Waals surface area contributed by atoms with E-state index in [1.54, 1.807) is 18.2 Å². The van der Waals surface area contributed by atoms with Crippen molar-refractivity contribution < 1.29 is 22.4 Å². The molecule has 160 valence electrons. The Morgan fingerprint density at radius 3 is 2.53 bits per heavy atom. The number of hydrogen-bond donors (Lipinski definition) is 1. The Balaban J connectivity index is 1.75. The predicted octanol–water partition coefficient (Wildman–Crippen LogP) is 4.90. The minimum Gasteiger partial charge on any atom is -0.291 e. The number of nitrogens with one attached hydrogen (secondary N) is 1. The third-order valence-electron chi connectivity index (χ3n) is 4.08. The van der Waals surface area contributed by atoms with Gasteiger partial charge in [-0.2, -0.15) is 5.10 Å². The highest BCUT2D eigenvalue weighted by molar-refractivity contribution is 6.32. The molecular weight excluding hydrogens is 451 g/mol. The number of carbonyl (C=O) groups excluding carboxylic acids is 1. The molecule has 0 aliphatic rings. The number of amides is 1. The summed E-state index contributed by atoms with van der Waals surface area (Å²) in [5.41, 5.74) is -1.14. The van der Waals surface area contributed by atoms with Gasteiger partial charge in [0.25, 0.3) is 18.8 Å². The van der Waals surface area contributed by atoms with E-state index in [2.05, 4.69) is 20.5 Å². The number of alkyl halides is 4. The Hall–Kier alpha value is -2.66. The Kier molecular flexibility index (Phi) is 6.61. The third-order valence-corrected chi connectivity index (χ3v) is 4.70. The minimum absolute atomic E-state index is 0.0974. The van der Waals surface area contributed by atoms with E-state index in [1.165, 1.54) is 17.9 Å². The highest BCUT2D eigenvalue weighted by Crippen LogP contribution is 2.36. The van der Waals surface area contributed by atoms with E-state index in [0.29, 0.717) is 16.2 Å².